The average Bonchev–Trinajstić information content (AvgIpc) is 3.40. The number of nitrogens with one attached hydrogen (secondary N) is 2. The highest BCUT2D eigenvalue weighted by atomic mass is 35.5. The van der Waals surface area contributed by atoms with Crippen LogP contribution in [0.15, 0.2) is 72.9 Å². The SMILES string of the molecule is COCC(=O)Nc1ccc(N2C(=S)N[C@H](c3ccccn3)[C@@H]2c2cc(C)n(-c3cccc(Cl)c3)c2C)cc1Cl. The molecular formula is C29H27Cl2N5O2S. The fraction of sp³-hybridized carbons (Fsp3) is 0.207. The van der Waals surface area contributed by atoms with Crippen LogP contribution in [-0.4, -0.2) is 34.3 Å². The molecule has 1 amide bonds. The molecule has 0 bridgehead atoms. The van der Waals surface area contributed by atoms with E-state index in [2.05, 4.69) is 45.0 Å². The Kier molecular flexibility index (Phi) is 7.91. The molecule has 0 radical (unpaired) electrons. The highest BCUT2D eigenvalue weighted by Crippen LogP contribution is 2.44. The van der Waals surface area contributed by atoms with Crippen molar-refractivity contribution in [3.05, 3.63) is 106 Å². The Labute approximate surface area is 242 Å². The van der Waals surface area contributed by atoms with Gasteiger partial charge in [0.05, 0.1) is 28.5 Å². The van der Waals surface area contributed by atoms with Crippen LogP contribution >= 0.6 is 35.4 Å². The smallest absolute Gasteiger partial charge is 0.250 e. The molecule has 2 N–H and O–H groups in total. The van der Waals surface area contributed by atoms with Gasteiger partial charge >= 0.3 is 0 Å². The van der Waals surface area contributed by atoms with Gasteiger partial charge in [0.1, 0.15) is 6.61 Å². The normalized spacial score (nSPS) is 16.8. The molecule has 0 spiro atoms. The second-order valence-corrected chi connectivity index (χ2v) is 10.5. The molecule has 10 heteroatoms. The van der Waals surface area contributed by atoms with Crippen LogP contribution in [0.5, 0.6) is 0 Å². The Bertz CT molecular complexity index is 1540. The molecule has 0 aliphatic carbocycles. The summed E-state index contributed by atoms with van der Waals surface area (Å²) in [5.74, 6) is -0.285. The van der Waals surface area contributed by atoms with Gasteiger partial charge in [0.2, 0.25) is 5.91 Å². The van der Waals surface area contributed by atoms with E-state index in [1.54, 1.807) is 12.3 Å². The molecule has 4 aromatic rings. The number of thiocarbonyl (C=S) groups is 1. The lowest BCUT2D eigenvalue weighted by molar-refractivity contribution is -0.119. The maximum absolute atomic E-state index is 12.1. The Hall–Kier alpha value is -3.43. The third-order valence-electron chi connectivity index (χ3n) is 6.73. The van der Waals surface area contributed by atoms with Crippen molar-refractivity contribution in [2.75, 3.05) is 23.9 Å². The number of carbonyl (C=O) groups is 1. The number of carbonyl (C=O) groups excluding carboxylic acids is 1. The van der Waals surface area contributed by atoms with Crippen molar-refractivity contribution in [2.45, 2.75) is 25.9 Å². The molecule has 1 saturated heterocycles. The molecule has 2 atom stereocenters. The van der Waals surface area contributed by atoms with Crippen molar-refractivity contribution in [3.63, 3.8) is 0 Å². The van der Waals surface area contributed by atoms with Crippen molar-refractivity contribution in [3.8, 4) is 5.69 Å². The van der Waals surface area contributed by atoms with Crippen LogP contribution in [0.4, 0.5) is 11.4 Å². The maximum atomic E-state index is 12.1. The van der Waals surface area contributed by atoms with E-state index >= 15 is 0 Å². The molecule has 5 rings (SSSR count). The summed E-state index contributed by atoms with van der Waals surface area (Å²) in [5.41, 5.74) is 6.36. The molecular weight excluding hydrogens is 553 g/mol. The molecule has 1 aliphatic heterocycles. The molecule has 1 aliphatic rings. The quantitative estimate of drug-likeness (QED) is 0.242. The number of benzene rings is 2. The molecule has 200 valence electrons. The Balaban J connectivity index is 1.61. The monoisotopic (exact) mass is 579 g/mol. The standard InChI is InChI=1S/C29H27Cl2N5O2S/c1-17-13-22(18(2)35(17)20-8-6-7-19(30)14-20)28-27(25-9-4-5-12-32-25)34-29(39)36(28)21-10-11-24(23(31)15-21)33-26(37)16-38-3/h4-15,27-28H,16H2,1-3H3,(H,33,37)(H,34,39)/t27-,28+/m1/s1. The minimum Gasteiger partial charge on any atom is -0.375 e. The number of aromatic nitrogens is 2. The topological polar surface area (TPSA) is 71.4 Å². The van der Waals surface area contributed by atoms with Crippen LogP contribution in [0.1, 0.15) is 34.7 Å². The summed E-state index contributed by atoms with van der Waals surface area (Å²) in [6.45, 7) is 4.11. The van der Waals surface area contributed by atoms with Gasteiger partial charge in [-0.2, -0.15) is 0 Å². The van der Waals surface area contributed by atoms with E-state index in [1.165, 1.54) is 7.11 Å². The minimum atomic E-state index is -0.285. The second-order valence-electron chi connectivity index (χ2n) is 9.28. The number of ether oxygens (including phenoxy) is 1. The zero-order valence-corrected chi connectivity index (χ0v) is 23.9. The summed E-state index contributed by atoms with van der Waals surface area (Å²) in [6.07, 6.45) is 1.78. The maximum Gasteiger partial charge on any atom is 0.250 e. The fourth-order valence-corrected chi connectivity index (χ4v) is 5.87. The van der Waals surface area contributed by atoms with Crippen molar-refractivity contribution < 1.29 is 9.53 Å². The van der Waals surface area contributed by atoms with Crippen LogP contribution in [0, 0.1) is 13.8 Å². The van der Waals surface area contributed by atoms with Gasteiger partial charge < -0.3 is 24.8 Å². The first-order valence-electron chi connectivity index (χ1n) is 12.3. The number of hydrogen-bond donors (Lipinski definition) is 2. The zero-order chi connectivity index (χ0) is 27.7. The lowest BCUT2D eigenvalue weighted by Gasteiger charge is -2.28. The Morgan fingerprint density at radius 1 is 1.08 bits per heavy atom. The molecule has 7 nitrogen and oxygen atoms in total. The van der Waals surface area contributed by atoms with Gasteiger partial charge in [-0.25, -0.2) is 0 Å². The summed E-state index contributed by atoms with van der Waals surface area (Å²) in [7, 11) is 1.47. The summed E-state index contributed by atoms with van der Waals surface area (Å²) in [6, 6.07) is 20.9. The fourth-order valence-electron chi connectivity index (χ4n) is 5.12. The highest BCUT2D eigenvalue weighted by molar-refractivity contribution is 7.80. The van der Waals surface area contributed by atoms with Crippen molar-refractivity contribution in [1.82, 2.24) is 14.9 Å². The number of aryl methyl sites for hydroxylation is 1. The number of hydrogen-bond acceptors (Lipinski definition) is 4. The third kappa shape index (κ3) is 5.38. The van der Waals surface area contributed by atoms with Crippen molar-refractivity contribution in [2.24, 2.45) is 0 Å². The largest absolute Gasteiger partial charge is 0.375 e. The van der Waals surface area contributed by atoms with E-state index in [0.717, 1.165) is 34.0 Å². The zero-order valence-electron chi connectivity index (χ0n) is 21.6. The van der Waals surface area contributed by atoms with E-state index in [1.807, 2.05) is 54.6 Å². The predicted octanol–water partition coefficient (Wildman–Crippen LogP) is 6.56. The number of pyridine rings is 1. The molecule has 3 heterocycles. The van der Waals surface area contributed by atoms with E-state index < -0.39 is 0 Å². The van der Waals surface area contributed by atoms with Gasteiger partial charge in [0.25, 0.3) is 0 Å². The van der Waals surface area contributed by atoms with E-state index in [0.29, 0.717) is 20.8 Å². The highest BCUT2D eigenvalue weighted by Gasteiger charge is 2.42. The van der Waals surface area contributed by atoms with Gasteiger partial charge in [0, 0.05) is 41.1 Å². The molecule has 0 saturated carbocycles. The van der Waals surface area contributed by atoms with Crippen LogP contribution in [0.2, 0.25) is 10.0 Å². The number of anilines is 2. The third-order valence-corrected chi connectivity index (χ3v) is 7.60. The summed E-state index contributed by atoms with van der Waals surface area (Å²) < 4.78 is 7.10. The number of rotatable bonds is 7. The first kappa shape index (κ1) is 27.1. The van der Waals surface area contributed by atoms with E-state index in [9.17, 15) is 4.79 Å². The summed E-state index contributed by atoms with van der Waals surface area (Å²) in [4.78, 5) is 18.8. The number of methoxy groups -OCH3 is 1. The lowest BCUT2D eigenvalue weighted by Crippen LogP contribution is -2.29. The molecule has 39 heavy (non-hydrogen) atoms. The predicted molar refractivity (Wildman–Crippen MR) is 160 cm³/mol. The molecule has 2 aromatic heterocycles. The van der Waals surface area contributed by atoms with E-state index in [4.69, 9.17) is 40.2 Å². The first-order valence-corrected chi connectivity index (χ1v) is 13.5. The lowest BCUT2D eigenvalue weighted by atomic mass is 9.96. The minimum absolute atomic E-state index is 0.0612. The molecule has 1 fully saturated rings. The number of amides is 1. The van der Waals surface area contributed by atoms with Crippen LogP contribution in [0.25, 0.3) is 5.69 Å². The van der Waals surface area contributed by atoms with Gasteiger partial charge in [-0.15, -0.1) is 0 Å². The van der Waals surface area contributed by atoms with Crippen LogP contribution in [0.3, 0.4) is 0 Å². The van der Waals surface area contributed by atoms with Gasteiger partial charge in [-0.05, 0) is 86.2 Å². The van der Waals surface area contributed by atoms with Crippen molar-refractivity contribution >= 4 is 57.8 Å². The summed E-state index contributed by atoms with van der Waals surface area (Å²) >= 11 is 18.8. The van der Waals surface area contributed by atoms with Crippen LogP contribution in [-0.2, 0) is 9.53 Å². The molecule has 2 aromatic carbocycles. The first-order chi connectivity index (χ1) is 18.8. The average molecular weight is 581 g/mol. The second kappa shape index (κ2) is 11.4. The van der Waals surface area contributed by atoms with Crippen LogP contribution < -0.4 is 15.5 Å². The van der Waals surface area contributed by atoms with Gasteiger partial charge in [0.15, 0.2) is 5.11 Å². The van der Waals surface area contributed by atoms with E-state index in [-0.39, 0.29) is 24.6 Å². The number of nitrogens with zero attached hydrogens (tertiary/aromatic N) is 3. The van der Waals surface area contributed by atoms with Crippen molar-refractivity contribution in [1.29, 1.82) is 0 Å². The Morgan fingerprint density at radius 2 is 1.90 bits per heavy atom. The number of halogens is 2. The molecule has 0 unspecified atom stereocenters. The van der Waals surface area contributed by atoms with Gasteiger partial charge in [-0.1, -0.05) is 35.3 Å². The summed E-state index contributed by atoms with van der Waals surface area (Å²) in [5, 5.41) is 7.88. The Morgan fingerprint density at radius 3 is 2.59 bits per heavy atom. The van der Waals surface area contributed by atoms with Gasteiger partial charge in [-0.3, -0.25) is 9.78 Å².